The zero-order valence-corrected chi connectivity index (χ0v) is 12.3. The summed E-state index contributed by atoms with van der Waals surface area (Å²) in [5, 5.41) is 3.01. The number of rotatable bonds is 7. The summed E-state index contributed by atoms with van der Waals surface area (Å²) < 4.78 is 5.34. The maximum atomic E-state index is 11.6. The first-order valence-electron chi connectivity index (χ1n) is 6.72. The molecular weight excluding hydrogens is 252 g/mol. The van der Waals surface area contributed by atoms with Gasteiger partial charge in [-0.15, -0.1) is 11.6 Å². The third-order valence-corrected chi connectivity index (χ3v) is 3.64. The van der Waals surface area contributed by atoms with Crippen molar-refractivity contribution in [3.63, 3.8) is 0 Å². The maximum Gasteiger partial charge on any atom is 0.220 e. The van der Waals surface area contributed by atoms with Crippen molar-refractivity contribution in [2.24, 2.45) is 0 Å². The van der Waals surface area contributed by atoms with Crippen LogP contribution in [0.1, 0.15) is 33.1 Å². The molecule has 0 aromatic heterocycles. The number of amides is 1. The monoisotopic (exact) mass is 276 g/mol. The van der Waals surface area contributed by atoms with Crippen LogP contribution in [0.4, 0.5) is 0 Å². The number of hydrogen-bond donors (Lipinski definition) is 1. The van der Waals surface area contributed by atoms with Crippen molar-refractivity contribution < 1.29 is 9.53 Å². The fourth-order valence-electron chi connectivity index (χ4n) is 2.06. The van der Waals surface area contributed by atoms with E-state index in [-0.39, 0.29) is 11.4 Å². The van der Waals surface area contributed by atoms with E-state index in [0.717, 1.165) is 39.1 Å². The lowest BCUT2D eigenvalue weighted by atomic mass is 10.0. The van der Waals surface area contributed by atoms with Crippen molar-refractivity contribution in [1.82, 2.24) is 10.2 Å². The molecule has 1 rings (SSSR count). The van der Waals surface area contributed by atoms with Crippen molar-refractivity contribution in [1.29, 1.82) is 0 Å². The molecule has 5 heteroatoms. The molecule has 0 spiro atoms. The number of nitrogens with zero attached hydrogens (tertiary/aromatic N) is 1. The minimum Gasteiger partial charge on any atom is -0.379 e. The first-order valence-corrected chi connectivity index (χ1v) is 7.25. The van der Waals surface area contributed by atoms with E-state index < -0.39 is 0 Å². The van der Waals surface area contributed by atoms with Gasteiger partial charge in [-0.3, -0.25) is 9.69 Å². The third kappa shape index (κ3) is 5.55. The van der Waals surface area contributed by atoms with Crippen LogP contribution in [-0.4, -0.2) is 55.1 Å². The average molecular weight is 277 g/mol. The van der Waals surface area contributed by atoms with Crippen LogP contribution >= 0.6 is 11.6 Å². The highest BCUT2D eigenvalue weighted by Gasteiger charge is 2.28. The molecule has 0 aromatic rings. The van der Waals surface area contributed by atoms with E-state index in [1.165, 1.54) is 0 Å². The zero-order valence-electron chi connectivity index (χ0n) is 11.5. The summed E-state index contributed by atoms with van der Waals surface area (Å²) in [5.41, 5.74) is -0.00801. The lowest BCUT2D eigenvalue weighted by Crippen LogP contribution is -2.55. The van der Waals surface area contributed by atoms with E-state index >= 15 is 0 Å². The van der Waals surface area contributed by atoms with Crippen LogP contribution in [0.5, 0.6) is 0 Å². The van der Waals surface area contributed by atoms with Crippen LogP contribution in [0.3, 0.4) is 0 Å². The topological polar surface area (TPSA) is 41.6 Å². The minimum atomic E-state index is -0.00801. The molecular formula is C13H25ClN2O2. The van der Waals surface area contributed by atoms with Crippen molar-refractivity contribution in [2.45, 2.75) is 38.6 Å². The molecule has 1 N–H and O–H groups in total. The van der Waals surface area contributed by atoms with Gasteiger partial charge in [0.25, 0.3) is 0 Å². The number of carbonyl (C=O) groups excluding carboxylic acids is 1. The highest BCUT2D eigenvalue weighted by molar-refractivity contribution is 6.17. The number of nitrogens with one attached hydrogen (secondary N) is 1. The van der Waals surface area contributed by atoms with Gasteiger partial charge in [-0.2, -0.15) is 0 Å². The van der Waals surface area contributed by atoms with Crippen LogP contribution in [0.2, 0.25) is 0 Å². The van der Waals surface area contributed by atoms with Gasteiger partial charge in [-0.05, 0) is 26.7 Å². The predicted molar refractivity (Wildman–Crippen MR) is 74.1 cm³/mol. The van der Waals surface area contributed by atoms with Crippen molar-refractivity contribution in [3.8, 4) is 0 Å². The molecule has 1 fully saturated rings. The van der Waals surface area contributed by atoms with Gasteiger partial charge >= 0.3 is 0 Å². The molecule has 1 aliphatic heterocycles. The Labute approximate surface area is 115 Å². The van der Waals surface area contributed by atoms with Crippen LogP contribution < -0.4 is 5.32 Å². The first kappa shape index (κ1) is 15.7. The van der Waals surface area contributed by atoms with E-state index in [1.54, 1.807) is 0 Å². The smallest absolute Gasteiger partial charge is 0.220 e. The average Bonchev–Trinajstić information content (AvgIpc) is 2.38. The van der Waals surface area contributed by atoms with E-state index in [4.69, 9.17) is 16.3 Å². The Bertz CT molecular complexity index is 253. The molecule has 1 heterocycles. The molecule has 0 saturated carbocycles. The molecule has 1 saturated heterocycles. The largest absolute Gasteiger partial charge is 0.379 e. The SMILES string of the molecule is CC(C)(CNC(=O)CCCCCl)N1CCOCC1. The number of ether oxygens (including phenoxy) is 1. The summed E-state index contributed by atoms with van der Waals surface area (Å²) >= 11 is 5.59. The lowest BCUT2D eigenvalue weighted by molar-refractivity contribution is -0.122. The second-order valence-electron chi connectivity index (χ2n) is 5.33. The van der Waals surface area contributed by atoms with Gasteiger partial charge < -0.3 is 10.1 Å². The van der Waals surface area contributed by atoms with Gasteiger partial charge in [-0.1, -0.05) is 0 Å². The standard InChI is InChI=1S/C13H25ClN2O2/c1-13(2,16-7-9-18-10-8-16)11-15-12(17)5-3-4-6-14/h3-11H2,1-2H3,(H,15,17). The maximum absolute atomic E-state index is 11.6. The van der Waals surface area contributed by atoms with E-state index in [9.17, 15) is 4.79 Å². The first-order chi connectivity index (χ1) is 8.56. The number of unbranched alkanes of at least 4 members (excludes halogenated alkanes) is 1. The normalized spacial score (nSPS) is 17.7. The van der Waals surface area contributed by atoms with Crippen LogP contribution in [-0.2, 0) is 9.53 Å². The highest BCUT2D eigenvalue weighted by Crippen LogP contribution is 2.15. The molecule has 18 heavy (non-hydrogen) atoms. The van der Waals surface area contributed by atoms with Gasteiger partial charge in [0.2, 0.25) is 5.91 Å². The number of halogens is 1. The van der Waals surface area contributed by atoms with Crippen molar-refractivity contribution in [2.75, 3.05) is 38.7 Å². The second-order valence-corrected chi connectivity index (χ2v) is 5.71. The van der Waals surface area contributed by atoms with Gasteiger partial charge in [0.1, 0.15) is 0 Å². The Hall–Kier alpha value is -0.320. The molecule has 4 nitrogen and oxygen atoms in total. The lowest BCUT2D eigenvalue weighted by Gasteiger charge is -2.40. The summed E-state index contributed by atoms with van der Waals surface area (Å²) in [6.07, 6.45) is 2.35. The highest BCUT2D eigenvalue weighted by atomic mass is 35.5. The molecule has 0 aromatic carbocycles. The summed E-state index contributed by atoms with van der Waals surface area (Å²) in [4.78, 5) is 14.0. The second kappa shape index (κ2) is 7.97. The molecule has 106 valence electrons. The Kier molecular flexibility index (Phi) is 6.97. The Morgan fingerprint density at radius 1 is 1.33 bits per heavy atom. The third-order valence-electron chi connectivity index (χ3n) is 3.37. The molecule has 0 bridgehead atoms. The number of carbonyl (C=O) groups is 1. The summed E-state index contributed by atoms with van der Waals surface area (Å²) in [6, 6.07) is 0. The minimum absolute atomic E-state index is 0.00801. The van der Waals surface area contributed by atoms with Gasteiger partial charge in [0.15, 0.2) is 0 Å². The van der Waals surface area contributed by atoms with Crippen molar-refractivity contribution in [3.05, 3.63) is 0 Å². The Morgan fingerprint density at radius 3 is 2.61 bits per heavy atom. The van der Waals surface area contributed by atoms with Crippen molar-refractivity contribution >= 4 is 17.5 Å². The number of hydrogen-bond acceptors (Lipinski definition) is 3. The Balaban J connectivity index is 2.24. The summed E-state index contributed by atoms with van der Waals surface area (Å²) in [5.74, 6) is 0.758. The van der Waals surface area contributed by atoms with E-state index in [0.29, 0.717) is 18.8 Å². The number of alkyl halides is 1. The molecule has 1 aliphatic rings. The van der Waals surface area contributed by atoms with Gasteiger partial charge in [0, 0.05) is 37.5 Å². The van der Waals surface area contributed by atoms with Crippen LogP contribution in [0.15, 0.2) is 0 Å². The van der Waals surface area contributed by atoms with Crippen LogP contribution in [0.25, 0.3) is 0 Å². The molecule has 0 unspecified atom stereocenters. The zero-order chi connectivity index (χ0) is 13.4. The fourth-order valence-corrected chi connectivity index (χ4v) is 2.25. The van der Waals surface area contributed by atoms with E-state index in [1.807, 2.05) is 0 Å². The summed E-state index contributed by atoms with van der Waals surface area (Å²) in [7, 11) is 0. The van der Waals surface area contributed by atoms with Gasteiger partial charge in [0.05, 0.1) is 13.2 Å². The summed E-state index contributed by atoms with van der Waals surface area (Å²) in [6.45, 7) is 8.46. The Morgan fingerprint density at radius 2 is 2.00 bits per heavy atom. The predicted octanol–water partition coefficient (Wildman–Crippen LogP) is 1.62. The van der Waals surface area contributed by atoms with E-state index in [2.05, 4.69) is 24.1 Å². The molecule has 1 amide bonds. The quantitative estimate of drug-likeness (QED) is 0.568. The molecule has 0 aliphatic carbocycles. The van der Waals surface area contributed by atoms with Crippen LogP contribution in [0, 0.1) is 0 Å². The molecule has 0 radical (unpaired) electrons. The fraction of sp³-hybridized carbons (Fsp3) is 0.923. The molecule has 0 atom stereocenters. The number of morpholine rings is 1. The van der Waals surface area contributed by atoms with Gasteiger partial charge in [-0.25, -0.2) is 0 Å².